The van der Waals surface area contributed by atoms with Crippen LogP contribution in [-0.2, 0) is 10.0 Å². The minimum absolute atomic E-state index is 0.188. The maximum atomic E-state index is 11.8. The second kappa shape index (κ2) is 6.24. The summed E-state index contributed by atoms with van der Waals surface area (Å²) in [5.41, 5.74) is 2.78. The van der Waals surface area contributed by atoms with Crippen LogP contribution in [0.1, 0.15) is 18.9 Å². The SMILES string of the molecule is CS(=O)(=O)N1CCC(n2c(-c3ccccc3)nc3cccnc32)CC1. The van der Waals surface area contributed by atoms with Crippen molar-refractivity contribution in [1.29, 1.82) is 0 Å². The first kappa shape index (κ1) is 16.2. The molecule has 0 atom stereocenters. The van der Waals surface area contributed by atoms with Gasteiger partial charge in [0.2, 0.25) is 10.0 Å². The molecule has 0 radical (unpaired) electrons. The van der Waals surface area contributed by atoms with E-state index in [9.17, 15) is 8.42 Å². The largest absolute Gasteiger partial charge is 0.305 e. The topological polar surface area (TPSA) is 68.1 Å². The number of hydrogen-bond donors (Lipinski definition) is 0. The van der Waals surface area contributed by atoms with Crippen molar-refractivity contribution in [3.63, 3.8) is 0 Å². The van der Waals surface area contributed by atoms with E-state index in [-0.39, 0.29) is 6.04 Å². The smallest absolute Gasteiger partial charge is 0.211 e. The molecule has 1 fully saturated rings. The van der Waals surface area contributed by atoms with Gasteiger partial charge in [-0.15, -0.1) is 0 Å². The van der Waals surface area contributed by atoms with Crippen molar-refractivity contribution in [1.82, 2.24) is 18.8 Å². The Kier molecular flexibility index (Phi) is 4.05. The van der Waals surface area contributed by atoms with Crippen molar-refractivity contribution < 1.29 is 8.42 Å². The van der Waals surface area contributed by atoms with Crippen molar-refractivity contribution >= 4 is 21.2 Å². The van der Waals surface area contributed by atoms with Crippen LogP contribution in [-0.4, -0.2) is 46.6 Å². The molecule has 1 aliphatic rings. The maximum Gasteiger partial charge on any atom is 0.211 e. The van der Waals surface area contributed by atoms with Crippen molar-refractivity contribution in [3.05, 3.63) is 48.7 Å². The molecule has 0 bridgehead atoms. The second-order valence-electron chi connectivity index (χ2n) is 6.41. The molecule has 0 amide bonds. The highest BCUT2D eigenvalue weighted by Gasteiger charge is 2.28. The fraction of sp³-hybridized carbons (Fsp3) is 0.333. The Hall–Kier alpha value is -2.25. The molecule has 0 N–H and O–H groups in total. The molecule has 3 heterocycles. The van der Waals surface area contributed by atoms with Crippen LogP contribution in [0.25, 0.3) is 22.6 Å². The Morgan fingerprint density at radius 3 is 2.44 bits per heavy atom. The lowest BCUT2D eigenvalue weighted by atomic mass is 10.1. The molecule has 1 aliphatic heterocycles. The van der Waals surface area contributed by atoms with Gasteiger partial charge in [-0.25, -0.2) is 22.7 Å². The maximum absolute atomic E-state index is 11.8. The van der Waals surface area contributed by atoms with E-state index in [1.54, 1.807) is 10.5 Å². The summed E-state index contributed by atoms with van der Waals surface area (Å²) in [6.07, 6.45) is 4.57. The molecular formula is C18H20N4O2S. The Balaban J connectivity index is 1.76. The highest BCUT2D eigenvalue weighted by Crippen LogP contribution is 2.32. The number of piperidine rings is 1. The van der Waals surface area contributed by atoms with Crippen LogP contribution in [0.4, 0.5) is 0 Å². The molecule has 1 saturated heterocycles. The lowest BCUT2D eigenvalue weighted by molar-refractivity contribution is 0.279. The predicted molar refractivity (Wildman–Crippen MR) is 97.7 cm³/mol. The average molecular weight is 356 g/mol. The molecule has 0 saturated carbocycles. The van der Waals surface area contributed by atoms with Gasteiger partial charge in [0.15, 0.2) is 5.65 Å². The predicted octanol–water partition coefficient (Wildman–Crippen LogP) is 2.69. The summed E-state index contributed by atoms with van der Waals surface area (Å²) in [7, 11) is -3.13. The summed E-state index contributed by atoms with van der Waals surface area (Å²) >= 11 is 0. The third-order valence-corrected chi connectivity index (χ3v) is 6.04. The number of fused-ring (bicyclic) bond motifs is 1. The first-order valence-corrected chi connectivity index (χ1v) is 10.2. The number of pyridine rings is 1. The van der Waals surface area contributed by atoms with E-state index in [0.717, 1.165) is 35.4 Å². The molecule has 7 heteroatoms. The Labute approximate surface area is 147 Å². The third kappa shape index (κ3) is 3.05. The summed E-state index contributed by atoms with van der Waals surface area (Å²) < 4.78 is 27.3. The number of benzene rings is 1. The lowest BCUT2D eigenvalue weighted by Crippen LogP contribution is -2.38. The zero-order chi connectivity index (χ0) is 17.4. The number of rotatable bonds is 3. The number of aromatic nitrogens is 3. The molecule has 130 valence electrons. The second-order valence-corrected chi connectivity index (χ2v) is 8.39. The van der Waals surface area contributed by atoms with Crippen LogP contribution in [0, 0.1) is 0 Å². The molecule has 3 aromatic rings. The van der Waals surface area contributed by atoms with Crippen molar-refractivity contribution in [2.45, 2.75) is 18.9 Å². The van der Waals surface area contributed by atoms with Gasteiger partial charge in [0.1, 0.15) is 11.3 Å². The molecule has 0 spiro atoms. The average Bonchev–Trinajstić information content (AvgIpc) is 3.01. The highest BCUT2D eigenvalue weighted by molar-refractivity contribution is 7.88. The van der Waals surface area contributed by atoms with Crippen LogP contribution in [0.5, 0.6) is 0 Å². The number of nitrogens with zero attached hydrogens (tertiary/aromatic N) is 4. The summed E-state index contributed by atoms with van der Waals surface area (Å²) in [6, 6.07) is 14.1. The first-order valence-electron chi connectivity index (χ1n) is 8.37. The van der Waals surface area contributed by atoms with E-state index in [1.165, 1.54) is 6.26 Å². The van der Waals surface area contributed by atoms with Gasteiger partial charge in [0.25, 0.3) is 0 Å². The van der Waals surface area contributed by atoms with E-state index in [0.29, 0.717) is 13.1 Å². The molecule has 0 unspecified atom stereocenters. The van der Waals surface area contributed by atoms with Gasteiger partial charge in [0.05, 0.1) is 6.26 Å². The molecule has 4 rings (SSSR count). The molecule has 2 aromatic heterocycles. The Morgan fingerprint density at radius 1 is 1.04 bits per heavy atom. The van der Waals surface area contributed by atoms with Gasteiger partial charge in [-0.05, 0) is 25.0 Å². The van der Waals surface area contributed by atoms with Crippen molar-refractivity contribution in [3.8, 4) is 11.4 Å². The molecule has 1 aromatic carbocycles. The van der Waals surface area contributed by atoms with Crippen molar-refractivity contribution in [2.75, 3.05) is 19.3 Å². The van der Waals surface area contributed by atoms with Gasteiger partial charge in [0, 0.05) is 30.9 Å². The van der Waals surface area contributed by atoms with Gasteiger partial charge in [-0.1, -0.05) is 30.3 Å². The molecular weight excluding hydrogens is 336 g/mol. The summed E-state index contributed by atoms with van der Waals surface area (Å²) in [5, 5.41) is 0. The van der Waals surface area contributed by atoms with Crippen LogP contribution >= 0.6 is 0 Å². The fourth-order valence-corrected chi connectivity index (χ4v) is 4.37. The molecule has 25 heavy (non-hydrogen) atoms. The zero-order valence-electron chi connectivity index (χ0n) is 14.0. The van der Waals surface area contributed by atoms with Gasteiger partial charge < -0.3 is 4.57 Å². The molecule has 0 aliphatic carbocycles. The number of sulfonamides is 1. The van der Waals surface area contributed by atoms with Gasteiger partial charge in [-0.2, -0.15) is 0 Å². The van der Waals surface area contributed by atoms with Crippen LogP contribution < -0.4 is 0 Å². The summed E-state index contributed by atoms with van der Waals surface area (Å²) in [4.78, 5) is 9.33. The normalized spacial score (nSPS) is 17.2. The summed E-state index contributed by atoms with van der Waals surface area (Å²) in [6.45, 7) is 1.06. The number of imidazole rings is 1. The quantitative estimate of drug-likeness (QED) is 0.724. The first-order chi connectivity index (χ1) is 12.0. The third-order valence-electron chi connectivity index (χ3n) is 4.74. The van der Waals surface area contributed by atoms with E-state index in [1.807, 2.05) is 42.5 Å². The van der Waals surface area contributed by atoms with Crippen LogP contribution in [0.15, 0.2) is 48.7 Å². The van der Waals surface area contributed by atoms with E-state index < -0.39 is 10.0 Å². The lowest BCUT2D eigenvalue weighted by Gasteiger charge is -2.31. The zero-order valence-corrected chi connectivity index (χ0v) is 14.9. The monoisotopic (exact) mass is 356 g/mol. The van der Waals surface area contributed by atoms with Crippen LogP contribution in [0.3, 0.4) is 0 Å². The highest BCUT2D eigenvalue weighted by atomic mass is 32.2. The van der Waals surface area contributed by atoms with Gasteiger partial charge >= 0.3 is 0 Å². The molecule has 6 nitrogen and oxygen atoms in total. The van der Waals surface area contributed by atoms with E-state index >= 15 is 0 Å². The number of hydrogen-bond acceptors (Lipinski definition) is 4. The van der Waals surface area contributed by atoms with Crippen LogP contribution in [0.2, 0.25) is 0 Å². The minimum atomic E-state index is -3.13. The fourth-order valence-electron chi connectivity index (χ4n) is 3.50. The Bertz CT molecular complexity index is 990. The summed E-state index contributed by atoms with van der Waals surface area (Å²) in [5.74, 6) is 0.895. The van der Waals surface area contributed by atoms with E-state index in [2.05, 4.69) is 9.55 Å². The standard InChI is InChI=1S/C18H20N4O2S/c1-25(23,24)21-12-9-15(10-13-21)22-17(14-6-3-2-4-7-14)20-16-8-5-11-19-18(16)22/h2-8,11,15H,9-10,12-13H2,1H3. The van der Waals surface area contributed by atoms with E-state index in [4.69, 9.17) is 4.98 Å². The Morgan fingerprint density at radius 2 is 1.76 bits per heavy atom. The van der Waals surface area contributed by atoms with Gasteiger partial charge in [-0.3, -0.25) is 0 Å². The van der Waals surface area contributed by atoms with Crippen molar-refractivity contribution in [2.24, 2.45) is 0 Å². The minimum Gasteiger partial charge on any atom is -0.305 e.